The predicted octanol–water partition coefficient (Wildman–Crippen LogP) is 6.34. The first-order chi connectivity index (χ1) is 21.4. The molecule has 9 nitrogen and oxygen atoms in total. The summed E-state index contributed by atoms with van der Waals surface area (Å²) in [7, 11) is 0. The number of hydrogen-bond donors (Lipinski definition) is 0. The number of Topliss-reactive ketones (excluding diaryl/α,β-unsaturated/α-hetero) is 1. The van der Waals surface area contributed by atoms with Crippen molar-refractivity contribution in [2.45, 2.75) is 98.6 Å². The Balaban J connectivity index is 1.07. The van der Waals surface area contributed by atoms with E-state index in [1.165, 1.54) is 31.3 Å². The molecule has 2 saturated carbocycles. The van der Waals surface area contributed by atoms with Crippen molar-refractivity contribution in [1.82, 2.24) is 15.0 Å². The molecule has 3 atom stereocenters. The normalized spacial score (nSPS) is 24.4. The van der Waals surface area contributed by atoms with Crippen molar-refractivity contribution in [1.29, 1.82) is 0 Å². The summed E-state index contributed by atoms with van der Waals surface area (Å²) in [5.41, 5.74) is 4.76. The summed E-state index contributed by atoms with van der Waals surface area (Å²) in [5, 5.41) is 8.22. The van der Waals surface area contributed by atoms with Gasteiger partial charge in [0.1, 0.15) is 18.6 Å². The summed E-state index contributed by atoms with van der Waals surface area (Å²) in [6, 6.07) is 5.49. The van der Waals surface area contributed by atoms with E-state index in [1.54, 1.807) is 21.8 Å². The van der Waals surface area contributed by atoms with E-state index in [4.69, 9.17) is 4.74 Å². The Bertz CT molecular complexity index is 1520. The number of carbonyl (C=O) groups is 4. The van der Waals surface area contributed by atoms with E-state index in [2.05, 4.69) is 37.7 Å². The van der Waals surface area contributed by atoms with Crippen LogP contribution in [0.15, 0.2) is 48.2 Å². The van der Waals surface area contributed by atoms with Gasteiger partial charge in [0.2, 0.25) is 0 Å². The third kappa shape index (κ3) is 6.87. The van der Waals surface area contributed by atoms with E-state index in [9.17, 15) is 19.2 Å². The number of esters is 1. The van der Waals surface area contributed by atoms with Crippen molar-refractivity contribution in [3.05, 3.63) is 65.0 Å². The van der Waals surface area contributed by atoms with Gasteiger partial charge in [0.15, 0.2) is 0 Å². The quantitative estimate of drug-likeness (QED) is 0.0685. The number of aromatic nitrogens is 3. The summed E-state index contributed by atoms with van der Waals surface area (Å²) in [6.45, 7) is 14.5. The molecule has 0 bridgehead atoms. The third-order valence-electron chi connectivity index (χ3n) is 10.5. The zero-order chi connectivity index (χ0) is 32.4. The Morgan fingerprint density at radius 3 is 2.71 bits per heavy atom. The van der Waals surface area contributed by atoms with E-state index < -0.39 is 17.7 Å². The van der Waals surface area contributed by atoms with Crippen molar-refractivity contribution < 1.29 is 23.9 Å². The topological polar surface area (TPSA) is 111 Å². The van der Waals surface area contributed by atoms with Gasteiger partial charge in [-0.2, -0.15) is 0 Å². The van der Waals surface area contributed by atoms with E-state index in [1.807, 2.05) is 25.1 Å². The van der Waals surface area contributed by atoms with Crippen molar-refractivity contribution in [3.8, 4) is 0 Å². The fourth-order valence-electron chi connectivity index (χ4n) is 8.21. The minimum absolute atomic E-state index is 0.0279. The van der Waals surface area contributed by atoms with Gasteiger partial charge >= 0.3 is 5.97 Å². The number of benzene rings is 1. The van der Waals surface area contributed by atoms with Gasteiger partial charge in [-0.15, -0.1) is 5.10 Å². The Morgan fingerprint density at radius 2 is 1.93 bits per heavy atom. The molecular weight excluding hydrogens is 568 g/mol. The molecule has 45 heavy (non-hydrogen) atoms. The van der Waals surface area contributed by atoms with Gasteiger partial charge in [-0.25, -0.2) is 0 Å². The van der Waals surface area contributed by atoms with Gasteiger partial charge in [-0.3, -0.25) is 23.9 Å². The average Bonchev–Trinajstić information content (AvgIpc) is 3.54. The summed E-state index contributed by atoms with van der Waals surface area (Å²) in [5.74, 6) is -0.485. The van der Waals surface area contributed by atoms with Crippen molar-refractivity contribution in [3.63, 3.8) is 0 Å². The van der Waals surface area contributed by atoms with Crippen LogP contribution >= 0.6 is 0 Å². The highest BCUT2D eigenvalue weighted by atomic mass is 16.5. The third-order valence-corrected chi connectivity index (χ3v) is 10.5. The number of hydrogen-bond acceptors (Lipinski definition) is 7. The van der Waals surface area contributed by atoms with E-state index in [0.29, 0.717) is 65.7 Å². The second kappa shape index (κ2) is 13.2. The number of ketones is 1. The highest BCUT2D eigenvalue weighted by Crippen LogP contribution is 2.61. The number of nitrogens with zero attached hydrogens (tertiary/aromatic N) is 4. The Morgan fingerprint density at radius 1 is 1.16 bits per heavy atom. The van der Waals surface area contributed by atoms with Crippen LogP contribution in [0.1, 0.15) is 100 Å². The summed E-state index contributed by atoms with van der Waals surface area (Å²) in [6.07, 6.45) is 12.3. The number of rotatable bonds is 12. The first-order valence-electron chi connectivity index (χ1n) is 16.3. The first kappa shape index (κ1) is 32.5. The molecule has 1 amide bonds. The minimum atomic E-state index is -0.483. The van der Waals surface area contributed by atoms with Crippen LogP contribution in [0.4, 0.5) is 5.69 Å². The van der Waals surface area contributed by atoms with Crippen LogP contribution in [-0.2, 0) is 32.3 Å². The molecule has 0 radical (unpaired) electrons. The number of fused-ring (bicyclic) bond motifs is 2. The number of ether oxygens (including phenoxy) is 1. The highest BCUT2D eigenvalue weighted by molar-refractivity contribution is 6.52. The fourth-order valence-corrected chi connectivity index (χ4v) is 8.21. The molecule has 1 aliphatic heterocycles. The predicted molar refractivity (Wildman–Crippen MR) is 171 cm³/mol. The summed E-state index contributed by atoms with van der Waals surface area (Å²) < 4.78 is 7.10. The van der Waals surface area contributed by atoms with Crippen LogP contribution in [0.25, 0.3) is 0 Å². The minimum Gasteiger partial charge on any atom is -0.459 e. The van der Waals surface area contributed by atoms with Gasteiger partial charge < -0.3 is 9.64 Å². The second-order valence-electron chi connectivity index (χ2n) is 14.1. The SMILES string of the molecule is C=C1CC[C@H]2C(C)(C)CCC[C@]2(C)[C@H]1C/C=C(/C=O)CC(=O)OCc1cn(CCCCN2C(=O)C(=O)c3cc(C)ccc32)nn1. The summed E-state index contributed by atoms with van der Waals surface area (Å²) >= 11 is 0. The van der Waals surface area contributed by atoms with Crippen LogP contribution in [0.5, 0.6) is 0 Å². The standard InChI is InChI=1S/C36H46N4O5/c1-24-9-13-30-28(19-24)33(43)34(44)40(30)18-7-6-17-39-21-27(37-38-39)23-45-32(42)20-26(22-41)11-12-29-25(2)10-14-31-35(3,4)15-8-16-36(29,31)5/h9,11,13,19,21-22,29,31H,2,6-8,10,12,14-18,20,23H2,1,3-5H3/b26-11+/t29-,31-,36+/m0/s1. The van der Waals surface area contributed by atoms with Crippen LogP contribution in [0.2, 0.25) is 0 Å². The number of aldehydes is 1. The van der Waals surface area contributed by atoms with Gasteiger partial charge in [-0.05, 0) is 92.2 Å². The van der Waals surface area contributed by atoms with Crippen LogP contribution in [-0.4, -0.2) is 45.5 Å². The number of aryl methyl sites for hydroxylation is 2. The van der Waals surface area contributed by atoms with Gasteiger partial charge in [0.05, 0.1) is 23.9 Å². The van der Waals surface area contributed by atoms with Crippen molar-refractivity contribution >= 4 is 29.6 Å². The van der Waals surface area contributed by atoms with Crippen molar-refractivity contribution in [2.24, 2.45) is 22.7 Å². The van der Waals surface area contributed by atoms with E-state index in [-0.39, 0.29) is 18.4 Å². The van der Waals surface area contributed by atoms with Crippen LogP contribution in [0.3, 0.4) is 0 Å². The molecule has 9 heteroatoms. The molecule has 5 rings (SSSR count). The number of amides is 1. The molecule has 2 heterocycles. The second-order valence-corrected chi connectivity index (χ2v) is 14.1. The Hall–Kier alpha value is -3.88. The largest absolute Gasteiger partial charge is 0.459 e. The molecule has 0 N–H and O–H groups in total. The maximum absolute atomic E-state index is 12.6. The lowest BCUT2D eigenvalue weighted by molar-refractivity contribution is -0.144. The Labute approximate surface area is 266 Å². The van der Waals surface area contributed by atoms with Crippen molar-refractivity contribution in [2.75, 3.05) is 11.4 Å². The number of anilines is 1. The first-order valence-corrected chi connectivity index (χ1v) is 16.3. The van der Waals surface area contributed by atoms with Crippen LogP contribution in [0, 0.1) is 29.6 Å². The number of carbonyl (C=O) groups excluding carboxylic acids is 4. The summed E-state index contributed by atoms with van der Waals surface area (Å²) in [4.78, 5) is 50.8. The smallest absolute Gasteiger partial charge is 0.310 e. The molecule has 3 aliphatic rings. The Kier molecular flexibility index (Phi) is 9.56. The maximum atomic E-state index is 12.6. The molecule has 2 aliphatic carbocycles. The molecule has 0 saturated heterocycles. The lowest BCUT2D eigenvalue weighted by Crippen LogP contribution is -2.49. The molecule has 240 valence electrons. The fraction of sp³-hybridized carbons (Fsp3) is 0.556. The maximum Gasteiger partial charge on any atom is 0.310 e. The van der Waals surface area contributed by atoms with Crippen LogP contribution < -0.4 is 4.90 Å². The lowest BCUT2D eigenvalue weighted by atomic mass is 9.47. The highest BCUT2D eigenvalue weighted by Gasteiger charge is 2.52. The van der Waals surface area contributed by atoms with E-state index in [0.717, 1.165) is 24.7 Å². The molecule has 0 unspecified atom stereocenters. The van der Waals surface area contributed by atoms with E-state index >= 15 is 0 Å². The molecule has 1 aromatic carbocycles. The van der Waals surface area contributed by atoms with Gasteiger partial charge in [-0.1, -0.05) is 62.3 Å². The number of unbranched alkanes of at least 4 members (excludes halogenated alkanes) is 1. The average molecular weight is 615 g/mol. The zero-order valence-electron chi connectivity index (χ0n) is 27.1. The molecule has 1 aromatic heterocycles. The van der Waals surface area contributed by atoms with Gasteiger partial charge in [0.25, 0.3) is 11.7 Å². The molecule has 2 aromatic rings. The molecule has 0 spiro atoms. The zero-order valence-corrected chi connectivity index (χ0v) is 27.1. The molecule has 2 fully saturated rings. The van der Waals surface area contributed by atoms with Gasteiger partial charge in [0, 0.05) is 13.1 Å². The monoisotopic (exact) mass is 614 g/mol. The lowest BCUT2D eigenvalue weighted by Gasteiger charge is -2.58. The molecular formula is C36H46N4O5. The number of allylic oxidation sites excluding steroid dienone is 2.